The van der Waals surface area contributed by atoms with Crippen molar-refractivity contribution in [2.24, 2.45) is 10.8 Å². The molecule has 12 nitrogen and oxygen atoms in total. The van der Waals surface area contributed by atoms with Crippen LogP contribution in [0, 0.1) is 0 Å². The minimum atomic E-state index is -0.839. The van der Waals surface area contributed by atoms with Crippen LogP contribution in [0.15, 0.2) is 84.2 Å². The number of nitrogens with zero attached hydrogens (tertiary/aromatic N) is 4. The Labute approximate surface area is 253 Å². The first kappa shape index (κ1) is 29.6. The third-order valence-corrected chi connectivity index (χ3v) is 7.06. The van der Waals surface area contributed by atoms with E-state index in [0.29, 0.717) is 29.0 Å². The molecule has 1 aliphatic heterocycles. The number of rotatable bonds is 10. The second-order valence-corrected chi connectivity index (χ2v) is 9.88. The quantitative estimate of drug-likeness (QED) is 0.180. The van der Waals surface area contributed by atoms with Crippen molar-refractivity contribution in [3.8, 4) is 11.5 Å². The summed E-state index contributed by atoms with van der Waals surface area (Å²) in [5.74, 6) is 0.692. The summed E-state index contributed by atoms with van der Waals surface area (Å²) in [6, 6.07) is 18.6. The van der Waals surface area contributed by atoms with Gasteiger partial charge in [0.05, 0.1) is 26.0 Å². The van der Waals surface area contributed by atoms with Gasteiger partial charge in [0.25, 0.3) is 0 Å². The number of hydrogen-bond donors (Lipinski definition) is 3. The van der Waals surface area contributed by atoms with E-state index >= 15 is 0 Å². The lowest BCUT2D eigenvalue weighted by Crippen LogP contribution is -2.25. The fourth-order valence-corrected chi connectivity index (χ4v) is 4.95. The highest BCUT2D eigenvalue weighted by molar-refractivity contribution is 6.07. The van der Waals surface area contributed by atoms with E-state index in [2.05, 4.69) is 15.1 Å². The third kappa shape index (κ3) is 6.44. The molecule has 0 saturated carbocycles. The number of anilines is 2. The zero-order valence-corrected chi connectivity index (χ0v) is 24.1. The number of carbonyl (C=O) groups excluding carboxylic acids is 2. The van der Waals surface area contributed by atoms with Crippen molar-refractivity contribution in [2.45, 2.75) is 19.1 Å². The molecule has 224 valence electrons. The molecule has 3 aromatic carbocycles. The Morgan fingerprint density at radius 3 is 2.48 bits per heavy atom. The van der Waals surface area contributed by atoms with Gasteiger partial charge in [0.15, 0.2) is 17.3 Å². The van der Waals surface area contributed by atoms with E-state index in [4.69, 9.17) is 31.4 Å². The summed E-state index contributed by atoms with van der Waals surface area (Å²) in [4.78, 5) is 32.8. The number of amides is 1. The Morgan fingerprint density at radius 2 is 1.77 bits per heavy atom. The van der Waals surface area contributed by atoms with Crippen LogP contribution in [-0.2, 0) is 17.8 Å². The molecule has 0 saturated heterocycles. The normalized spacial score (nSPS) is 13.9. The van der Waals surface area contributed by atoms with Crippen LogP contribution in [-0.4, -0.2) is 47.3 Å². The van der Waals surface area contributed by atoms with Gasteiger partial charge in [0.2, 0.25) is 5.95 Å². The molecule has 5 rings (SSSR count). The summed E-state index contributed by atoms with van der Waals surface area (Å²) < 4.78 is 16.0. The van der Waals surface area contributed by atoms with Crippen molar-refractivity contribution in [1.82, 2.24) is 15.0 Å². The molecule has 1 atom stereocenters. The monoisotopic (exact) mass is 593 g/mol. The maximum Gasteiger partial charge on any atom is 0.404 e. The van der Waals surface area contributed by atoms with Gasteiger partial charge in [-0.2, -0.15) is 10.1 Å². The van der Waals surface area contributed by atoms with Crippen LogP contribution >= 0.6 is 0 Å². The van der Waals surface area contributed by atoms with Crippen LogP contribution in [0.3, 0.4) is 0 Å². The molecule has 12 heteroatoms. The number of allylic oxidation sites excluding steroid dienone is 1. The number of fused-ring (bicyclic) bond motifs is 1. The lowest BCUT2D eigenvalue weighted by Gasteiger charge is -2.31. The van der Waals surface area contributed by atoms with Crippen molar-refractivity contribution >= 4 is 29.9 Å². The van der Waals surface area contributed by atoms with E-state index < -0.39 is 6.09 Å². The molecule has 2 heterocycles. The first-order valence-corrected chi connectivity index (χ1v) is 13.5. The number of primary amides is 1. The Kier molecular flexibility index (Phi) is 8.70. The lowest BCUT2D eigenvalue weighted by molar-refractivity contribution is 0.104. The predicted octanol–water partition coefficient (Wildman–Crippen LogP) is 3.98. The van der Waals surface area contributed by atoms with E-state index in [0.717, 1.165) is 27.8 Å². The molecule has 0 aliphatic carbocycles. The van der Waals surface area contributed by atoms with Crippen molar-refractivity contribution in [3.05, 3.63) is 118 Å². The van der Waals surface area contributed by atoms with Crippen molar-refractivity contribution in [3.63, 3.8) is 0 Å². The molecule has 0 radical (unpaired) electrons. The second kappa shape index (κ2) is 12.9. The van der Waals surface area contributed by atoms with Gasteiger partial charge in [-0.25, -0.2) is 9.78 Å². The molecular formula is C32H31N7O5. The molecule has 44 heavy (non-hydrogen) atoms. The highest BCUT2D eigenvalue weighted by atomic mass is 16.5. The van der Waals surface area contributed by atoms with Crippen LogP contribution in [0.4, 0.5) is 16.6 Å². The summed E-state index contributed by atoms with van der Waals surface area (Å²) in [5.41, 5.74) is 22.1. The number of ketones is 1. The van der Waals surface area contributed by atoms with Crippen LogP contribution in [0.2, 0.25) is 0 Å². The second-order valence-electron chi connectivity index (χ2n) is 9.88. The van der Waals surface area contributed by atoms with Gasteiger partial charge in [0.1, 0.15) is 18.5 Å². The Bertz CT molecular complexity index is 1750. The van der Waals surface area contributed by atoms with E-state index in [9.17, 15) is 9.59 Å². The topological polar surface area (TPSA) is 181 Å². The molecule has 1 aliphatic rings. The number of nitrogens with two attached hydrogens (primary N) is 3. The number of hydrazone groups is 1. The van der Waals surface area contributed by atoms with E-state index in [1.807, 2.05) is 48.5 Å². The molecule has 1 unspecified atom stereocenters. The van der Waals surface area contributed by atoms with Gasteiger partial charge in [-0.3, -0.25) is 9.80 Å². The molecule has 0 spiro atoms. The zero-order valence-electron chi connectivity index (χ0n) is 24.1. The summed E-state index contributed by atoms with van der Waals surface area (Å²) in [6.45, 7) is 0.0649. The average Bonchev–Trinajstić information content (AvgIpc) is 3.03. The number of hydrogen-bond acceptors (Lipinski definition) is 11. The summed E-state index contributed by atoms with van der Waals surface area (Å²) in [5, 5.41) is 6.35. The van der Waals surface area contributed by atoms with Gasteiger partial charge >= 0.3 is 6.09 Å². The van der Waals surface area contributed by atoms with Crippen LogP contribution < -0.4 is 26.7 Å². The molecule has 4 aromatic rings. The van der Waals surface area contributed by atoms with E-state index in [1.165, 1.54) is 20.3 Å². The van der Waals surface area contributed by atoms with Crippen molar-refractivity contribution in [1.29, 1.82) is 0 Å². The van der Waals surface area contributed by atoms with Gasteiger partial charge in [0, 0.05) is 36.0 Å². The summed E-state index contributed by atoms with van der Waals surface area (Å²) >= 11 is 0. The number of aromatic nitrogens is 2. The smallest absolute Gasteiger partial charge is 0.404 e. The average molecular weight is 594 g/mol. The van der Waals surface area contributed by atoms with Gasteiger partial charge in [-0.1, -0.05) is 48.5 Å². The van der Waals surface area contributed by atoms with Gasteiger partial charge in [-0.15, -0.1) is 0 Å². The molecule has 0 fully saturated rings. The Hall–Kier alpha value is -5.91. The van der Waals surface area contributed by atoms with Gasteiger partial charge < -0.3 is 31.4 Å². The Morgan fingerprint density at radius 1 is 1.00 bits per heavy atom. The molecular weight excluding hydrogens is 562 g/mol. The number of benzene rings is 3. The maximum absolute atomic E-state index is 13.7. The third-order valence-electron chi connectivity index (χ3n) is 7.06. The largest absolute Gasteiger partial charge is 0.493 e. The van der Waals surface area contributed by atoms with Crippen LogP contribution in [0.25, 0.3) is 0 Å². The highest BCUT2D eigenvalue weighted by Crippen LogP contribution is 2.36. The predicted molar refractivity (Wildman–Crippen MR) is 165 cm³/mol. The SMILES string of the molecule is COc1cc(Cc2cnc(N)nc2N)cc(C(=O)/C=C/N2N=Cc3ccccc3C2c2ccc(COC(N)=O)cc2)c1OC. The number of methoxy groups -OCH3 is 2. The molecule has 6 N–H and O–H groups in total. The standard InChI is InChI=1S/C32H31N7O5/c1-42-27-15-20(13-23-16-36-31(34)38-30(23)33)14-25(29(27)43-2)26(40)11-12-39-28(24-6-4-3-5-22(24)17-37-39)21-9-7-19(8-10-21)18-44-32(35)41/h3-12,14-17,28H,13,18H2,1-2H3,(H2,35,41)(H4,33,34,36,38)/b12-11+. The van der Waals surface area contributed by atoms with Crippen molar-refractivity contribution in [2.75, 3.05) is 25.7 Å². The fraction of sp³-hybridized carbons (Fsp3) is 0.156. The minimum absolute atomic E-state index is 0.0649. The molecule has 1 amide bonds. The van der Waals surface area contributed by atoms with E-state index in [-0.39, 0.29) is 30.2 Å². The first-order chi connectivity index (χ1) is 21.3. The summed E-state index contributed by atoms with van der Waals surface area (Å²) in [7, 11) is 2.98. The highest BCUT2D eigenvalue weighted by Gasteiger charge is 2.26. The van der Waals surface area contributed by atoms with Gasteiger partial charge in [-0.05, 0) is 34.4 Å². The number of ether oxygens (including phenoxy) is 3. The zero-order chi connectivity index (χ0) is 31.2. The minimum Gasteiger partial charge on any atom is -0.493 e. The Balaban J connectivity index is 1.46. The number of carbonyl (C=O) groups is 2. The van der Waals surface area contributed by atoms with Crippen molar-refractivity contribution < 1.29 is 23.8 Å². The molecule has 1 aromatic heterocycles. The number of nitrogen functional groups attached to an aromatic ring is 2. The summed E-state index contributed by atoms with van der Waals surface area (Å²) in [6.07, 6.45) is 5.88. The maximum atomic E-state index is 13.7. The fourth-order valence-electron chi connectivity index (χ4n) is 4.95. The van der Waals surface area contributed by atoms with E-state index in [1.54, 1.807) is 35.8 Å². The first-order valence-electron chi connectivity index (χ1n) is 13.5. The van der Waals surface area contributed by atoms with Crippen LogP contribution in [0.1, 0.15) is 49.8 Å². The molecule has 0 bridgehead atoms. The lowest BCUT2D eigenvalue weighted by atomic mass is 9.93. The van der Waals surface area contributed by atoms with Crippen LogP contribution in [0.5, 0.6) is 11.5 Å².